The van der Waals surface area contributed by atoms with Crippen LogP contribution in [0.3, 0.4) is 0 Å². The number of aliphatic carboxylic acids is 1. The lowest BCUT2D eigenvalue weighted by Gasteiger charge is -2.16. The van der Waals surface area contributed by atoms with Crippen LogP contribution in [0.25, 0.3) is 5.52 Å². The highest BCUT2D eigenvalue weighted by molar-refractivity contribution is 7.89. The van der Waals surface area contributed by atoms with Crippen molar-refractivity contribution in [2.45, 2.75) is 23.8 Å². The molecule has 2 heterocycles. The lowest BCUT2D eigenvalue weighted by molar-refractivity contribution is -0.138. The number of carboxylic acids is 1. The van der Waals surface area contributed by atoms with E-state index in [1.165, 1.54) is 40.9 Å². The zero-order valence-electron chi connectivity index (χ0n) is 18.7. The van der Waals surface area contributed by atoms with Crippen LogP contribution in [0, 0.1) is 0 Å². The molecule has 12 heteroatoms. The van der Waals surface area contributed by atoms with Gasteiger partial charge in [-0.05, 0) is 49.7 Å². The molecule has 186 valence electrons. The fourth-order valence-corrected chi connectivity index (χ4v) is 4.40. The summed E-state index contributed by atoms with van der Waals surface area (Å²) in [4.78, 5) is 36.6. The minimum atomic E-state index is -4.12. The highest BCUT2D eigenvalue weighted by atomic mass is 32.2. The van der Waals surface area contributed by atoms with Crippen LogP contribution in [0.2, 0.25) is 0 Å². The van der Waals surface area contributed by atoms with Crippen LogP contribution >= 0.6 is 0 Å². The van der Waals surface area contributed by atoms with E-state index < -0.39 is 40.0 Å². The van der Waals surface area contributed by atoms with Gasteiger partial charge in [-0.25, -0.2) is 8.42 Å². The maximum Gasteiger partial charge on any atom is 0.323 e. The number of ether oxygens (including phenoxy) is 1. The maximum absolute atomic E-state index is 12.6. The highest BCUT2D eigenvalue weighted by Crippen LogP contribution is 2.14. The van der Waals surface area contributed by atoms with Crippen LogP contribution in [-0.2, 0) is 14.8 Å². The van der Waals surface area contributed by atoms with Crippen LogP contribution in [0.15, 0.2) is 70.5 Å². The molecule has 3 rings (SSSR count). The number of nitrogens with zero attached hydrogens (tertiary/aromatic N) is 1. The molecule has 0 aliphatic heterocycles. The largest absolute Gasteiger partial charge is 0.492 e. The summed E-state index contributed by atoms with van der Waals surface area (Å²) in [5.74, 6) is -1.71. The molecule has 2 aromatic heterocycles. The molecule has 1 aromatic carbocycles. The third kappa shape index (κ3) is 6.88. The average Bonchev–Trinajstić information content (AvgIpc) is 2.84. The molecule has 11 nitrogen and oxygen atoms in total. The average molecular weight is 503 g/mol. The number of carbonyl (C=O) groups excluding carboxylic acids is 1. The number of aromatic nitrogens is 1. The summed E-state index contributed by atoms with van der Waals surface area (Å²) < 4.78 is 33.8. The Morgan fingerprint density at radius 2 is 1.83 bits per heavy atom. The molecule has 0 aliphatic carbocycles. The summed E-state index contributed by atoms with van der Waals surface area (Å²) in [7, 11) is -4.12. The summed E-state index contributed by atoms with van der Waals surface area (Å²) in [6, 6.07) is 11.5. The molecule has 5 N–H and O–H groups in total. The standard InChI is InChI=1S/C23H26N4O7S/c24-10-4-5-11-34-18-9-8-17-12-16(13-21(28)27(17)15-18)22(29)25-14-20(23(30)31)26-35(32,33)19-6-2-1-3-7-19/h1-3,6-9,12-13,15,20,26H,4-5,10-11,14,24H2,(H,25,29)(H,30,31)/t20-/m0/s1. The minimum absolute atomic E-state index is 0.00155. The van der Waals surface area contributed by atoms with Crippen molar-refractivity contribution in [2.75, 3.05) is 19.7 Å². The van der Waals surface area contributed by atoms with Gasteiger partial charge in [-0.15, -0.1) is 0 Å². The molecule has 35 heavy (non-hydrogen) atoms. The smallest absolute Gasteiger partial charge is 0.323 e. The van der Waals surface area contributed by atoms with Gasteiger partial charge in [0.15, 0.2) is 0 Å². The van der Waals surface area contributed by atoms with Crippen molar-refractivity contribution in [3.63, 3.8) is 0 Å². The number of amides is 1. The fourth-order valence-electron chi connectivity index (χ4n) is 3.19. The van der Waals surface area contributed by atoms with Crippen molar-refractivity contribution in [3.05, 3.63) is 76.7 Å². The van der Waals surface area contributed by atoms with E-state index in [0.29, 0.717) is 24.4 Å². The SMILES string of the molecule is NCCCCOc1ccc2cc(C(=O)NC[C@H](NS(=O)(=O)c3ccccc3)C(=O)O)cc(=O)n2c1. The molecule has 0 bridgehead atoms. The number of carboxylic acid groups (broad SMARTS) is 1. The van der Waals surface area contributed by atoms with Crippen LogP contribution in [0.1, 0.15) is 23.2 Å². The van der Waals surface area contributed by atoms with E-state index in [1.807, 2.05) is 0 Å². The Labute approximate surface area is 201 Å². The Morgan fingerprint density at radius 1 is 1.09 bits per heavy atom. The van der Waals surface area contributed by atoms with Gasteiger partial charge in [-0.3, -0.25) is 18.8 Å². The van der Waals surface area contributed by atoms with E-state index in [-0.39, 0.29) is 10.5 Å². The molecule has 0 fully saturated rings. The first-order chi connectivity index (χ1) is 16.7. The number of pyridine rings is 2. The molecule has 0 radical (unpaired) electrons. The van der Waals surface area contributed by atoms with Crippen molar-refractivity contribution in [2.24, 2.45) is 5.73 Å². The van der Waals surface area contributed by atoms with Crippen LogP contribution < -0.4 is 26.1 Å². The third-order valence-electron chi connectivity index (χ3n) is 5.02. The number of sulfonamides is 1. The van der Waals surface area contributed by atoms with Gasteiger partial charge >= 0.3 is 5.97 Å². The van der Waals surface area contributed by atoms with Crippen molar-refractivity contribution in [1.29, 1.82) is 0 Å². The van der Waals surface area contributed by atoms with Gasteiger partial charge in [0.1, 0.15) is 11.8 Å². The Kier molecular flexibility index (Phi) is 8.58. The quantitative estimate of drug-likeness (QED) is 0.261. The predicted octanol–water partition coefficient (Wildman–Crippen LogP) is 0.579. The van der Waals surface area contributed by atoms with Crippen molar-refractivity contribution in [1.82, 2.24) is 14.4 Å². The van der Waals surface area contributed by atoms with Crippen LogP contribution in [-0.4, -0.2) is 55.5 Å². The molecule has 3 aromatic rings. The maximum atomic E-state index is 12.6. The van der Waals surface area contributed by atoms with Gasteiger partial charge in [0.05, 0.1) is 17.7 Å². The van der Waals surface area contributed by atoms with E-state index in [1.54, 1.807) is 18.2 Å². The molecule has 0 aliphatic rings. The van der Waals surface area contributed by atoms with E-state index in [2.05, 4.69) is 10.0 Å². The van der Waals surface area contributed by atoms with Crippen LogP contribution in [0.5, 0.6) is 5.75 Å². The number of rotatable bonds is 12. The normalized spacial score (nSPS) is 12.3. The van der Waals surface area contributed by atoms with Gasteiger partial charge in [0.2, 0.25) is 10.0 Å². The number of fused-ring (bicyclic) bond motifs is 1. The first-order valence-corrected chi connectivity index (χ1v) is 12.3. The Bertz CT molecular complexity index is 1360. The summed E-state index contributed by atoms with van der Waals surface area (Å²) in [5.41, 5.74) is 5.39. The zero-order chi connectivity index (χ0) is 25.4. The van der Waals surface area contributed by atoms with Gasteiger partial charge in [0, 0.05) is 23.7 Å². The second-order valence-electron chi connectivity index (χ2n) is 7.62. The van der Waals surface area contributed by atoms with Crippen molar-refractivity contribution in [3.8, 4) is 5.75 Å². The second kappa shape index (κ2) is 11.6. The Morgan fingerprint density at radius 3 is 2.51 bits per heavy atom. The number of hydrogen-bond donors (Lipinski definition) is 4. The van der Waals surface area contributed by atoms with Gasteiger partial charge < -0.3 is 20.9 Å². The molecule has 0 saturated carbocycles. The van der Waals surface area contributed by atoms with Gasteiger partial charge in [-0.2, -0.15) is 4.72 Å². The molecule has 0 unspecified atom stereocenters. The topological polar surface area (TPSA) is 169 Å². The summed E-state index contributed by atoms with van der Waals surface area (Å²) in [5, 5.41) is 11.8. The minimum Gasteiger partial charge on any atom is -0.492 e. The van der Waals surface area contributed by atoms with Crippen LogP contribution in [0.4, 0.5) is 0 Å². The molecular weight excluding hydrogens is 476 g/mol. The zero-order valence-corrected chi connectivity index (χ0v) is 19.5. The van der Waals surface area contributed by atoms with E-state index in [0.717, 1.165) is 18.9 Å². The molecule has 0 spiro atoms. The summed E-state index contributed by atoms with van der Waals surface area (Å²) in [6.45, 7) is 0.489. The highest BCUT2D eigenvalue weighted by Gasteiger charge is 2.26. The van der Waals surface area contributed by atoms with Gasteiger partial charge in [-0.1, -0.05) is 18.2 Å². The Balaban J connectivity index is 1.70. The molecule has 0 saturated heterocycles. The number of nitrogens with two attached hydrogens (primary N) is 1. The van der Waals surface area contributed by atoms with Crippen molar-refractivity contribution < 1.29 is 27.9 Å². The van der Waals surface area contributed by atoms with E-state index >= 15 is 0 Å². The third-order valence-corrected chi connectivity index (χ3v) is 6.51. The number of hydrogen-bond acceptors (Lipinski definition) is 7. The number of nitrogens with one attached hydrogen (secondary N) is 2. The molecule has 1 atom stereocenters. The monoisotopic (exact) mass is 502 g/mol. The summed E-state index contributed by atoms with van der Waals surface area (Å²) in [6.07, 6.45) is 3.12. The van der Waals surface area contributed by atoms with E-state index in [4.69, 9.17) is 10.5 Å². The predicted molar refractivity (Wildman–Crippen MR) is 128 cm³/mol. The number of benzene rings is 1. The fraction of sp³-hybridized carbons (Fsp3) is 0.261. The lowest BCUT2D eigenvalue weighted by atomic mass is 10.2. The van der Waals surface area contributed by atoms with E-state index in [9.17, 15) is 27.9 Å². The first kappa shape index (κ1) is 25.9. The summed E-state index contributed by atoms with van der Waals surface area (Å²) >= 11 is 0. The van der Waals surface area contributed by atoms with Crippen molar-refractivity contribution >= 4 is 27.4 Å². The number of unbranched alkanes of at least 4 members (excludes halogenated alkanes) is 1. The Hall–Kier alpha value is -3.74. The molecular formula is C23H26N4O7S. The number of carbonyl (C=O) groups is 2. The molecule has 1 amide bonds. The second-order valence-corrected chi connectivity index (χ2v) is 9.34. The lowest BCUT2D eigenvalue weighted by Crippen LogP contribution is -2.48. The van der Waals surface area contributed by atoms with Gasteiger partial charge in [0.25, 0.3) is 11.5 Å². The first-order valence-electron chi connectivity index (χ1n) is 10.8.